The lowest BCUT2D eigenvalue weighted by Crippen LogP contribution is -2.45. The molecule has 3 aromatic rings. The first kappa shape index (κ1) is 21.3. The Labute approximate surface area is 199 Å². The predicted octanol–water partition coefficient (Wildman–Crippen LogP) is 4.85. The van der Waals surface area contributed by atoms with Crippen molar-refractivity contribution in [3.05, 3.63) is 72.4 Å². The smallest absolute Gasteiger partial charge is 0.226 e. The molecule has 2 bridgehead atoms. The van der Waals surface area contributed by atoms with Gasteiger partial charge in [0.15, 0.2) is 0 Å². The number of hydrogen-bond acceptors (Lipinski definition) is 4. The molecule has 0 spiro atoms. The first-order valence-electron chi connectivity index (χ1n) is 12.4. The summed E-state index contributed by atoms with van der Waals surface area (Å²) in [5.74, 6) is 0.493. The minimum atomic E-state index is -0.341. The van der Waals surface area contributed by atoms with Crippen LogP contribution in [0.3, 0.4) is 0 Å². The monoisotopic (exact) mass is 454 g/mol. The van der Waals surface area contributed by atoms with Crippen LogP contribution in [-0.4, -0.2) is 26.2 Å². The van der Waals surface area contributed by atoms with Gasteiger partial charge in [-0.05, 0) is 56.2 Å². The molecule has 6 nitrogen and oxygen atoms in total. The highest BCUT2D eigenvalue weighted by molar-refractivity contribution is 5.88. The summed E-state index contributed by atoms with van der Waals surface area (Å²) in [6.45, 7) is 0.458. The summed E-state index contributed by atoms with van der Waals surface area (Å²) >= 11 is 0. The first-order chi connectivity index (χ1) is 16.6. The van der Waals surface area contributed by atoms with E-state index in [0.717, 1.165) is 56.3 Å². The topological polar surface area (TPSA) is 76.9 Å². The van der Waals surface area contributed by atoms with E-state index in [9.17, 15) is 9.59 Å². The van der Waals surface area contributed by atoms with Crippen molar-refractivity contribution < 1.29 is 9.59 Å². The van der Waals surface area contributed by atoms with Crippen molar-refractivity contribution in [2.75, 3.05) is 0 Å². The van der Waals surface area contributed by atoms with Gasteiger partial charge in [-0.3, -0.25) is 14.6 Å². The van der Waals surface area contributed by atoms with Gasteiger partial charge < -0.3 is 9.88 Å². The molecule has 4 aliphatic rings. The number of hydrogen-bond donors (Lipinski definition) is 1. The molecule has 3 fully saturated rings. The molecule has 174 valence electrons. The number of benzene rings is 1. The number of Topliss-reactive ketones (excluding diaryl/α,β-unsaturated/α-hetero) is 1. The number of nitrogens with zero attached hydrogens (tertiary/aromatic N) is 3. The molecule has 3 saturated carbocycles. The Morgan fingerprint density at radius 2 is 1.74 bits per heavy atom. The number of fused-ring (bicyclic) bond motifs is 7. The van der Waals surface area contributed by atoms with Gasteiger partial charge in [-0.15, -0.1) is 0 Å². The molecule has 0 saturated heterocycles. The van der Waals surface area contributed by atoms with E-state index in [4.69, 9.17) is 0 Å². The Bertz CT molecular complexity index is 1220. The van der Waals surface area contributed by atoms with Crippen molar-refractivity contribution in [2.24, 2.45) is 10.8 Å². The zero-order valence-electron chi connectivity index (χ0n) is 19.4. The fourth-order valence-electron chi connectivity index (χ4n) is 6.62. The Morgan fingerprint density at radius 3 is 2.56 bits per heavy atom. The van der Waals surface area contributed by atoms with E-state index in [2.05, 4.69) is 38.1 Å². The largest absolute Gasteiger partial charge is 0.350 e. The summed E-state index contributed by atoms with van der Waals surface area (Å²) in [4.78, 5) is 35.8. The van der Waals surface area contributed by atoms with E-state index in [0.29, 0.717) is 18.7 Å². The lowest BCUT2D eigenvalue weighted by Gasteiger charge is -2.41. The number of nitrogens with one attached hydrogen (secondary N) is 1. The summed E-state index contributed by atoms with van der Waals surface area (Å²) < 4.78 is 2.16. The summed E-state index contributed by atoms with van der Waals surface area (Å²) in [6.07, 6.45) is 11.9. The maximum Gasteiger partial charge on any atom is 0.226 e. The number of pyridine rings is 1. The molecule has 1 aromatic carbocycles. The summed E-state index contributed by atoms with van der Waals surface area (Å²) in [5, 5.41) is 3.14. The summed E-state index contributed by atoms with van der Waals surface area (Å²) in [7, 11) is 0. The van der Waals surface area contributed by atoms with Crippen molar-refractivity contribution in [1.82, 2.24) is 19.9 Å². The second-order valence-corrected chi connectivity index (χ2v) is 10.3. The van der Waals surface area contributed by atoms with Crippen LogP contribution in [-0.2, 0) is 16.1 Å². The van der Waals surface area contributed by atoms with Crippen LogP contribution in [0.25, 0.3) is 11.3 Å². The van der Waals surface area contributed by atoms with E-state index < -0.39 is 0 Å². The quantitative estimate of drug-likeness (QED) is 0.577. The zero-order valence-corrected chi connectivity index (χ0v) is 19.4. The zero-order chi connectivity index (χ0) is 23.2. The van der Waals surface area contributed by atoms with Crippen LogP contribution >= 0.6 is 0 Å². The molecule has 7 rings (SSSR count). The fraction of sp³-hybridized carbons (Fsp3) is 0.429. The summed E-state index contributed by atoms with van der Waals surface area (Å²) in [5.41, 5.74) is 3.74. The molecule has 1 N–H and O–H groups in total. The second-order valence-electron chi connectivity index (χ2n) is 10.3. The molecule has 1 amide bonds. The van der Waals surface area contributed by atoms with Crippen molar-refractivity contribution in [2.45, 2.75) is 64.0 Å². The molecule has 2 aromatic heterocycles. The number of carbonyl (C=O) groups is 2. The molecule has 0 radical (unpaired) electrons. The third kappa shape index (κ3) is 3.39. The Balaban J connectivity index is 1.16. The highest BCUT2D eigenvalue weighted by Crippen LogP contribution is 2.56. The molecule has 3 heterocycles. The van der Waals surface area contributed by atoms with E-state index in [1.807, 2.05) is 36.8 Å². The van der Waals surface area contributed by atoms with Crippen molar-refractivity contribution in [1.29, 1.82) is 0 Å². The minimum Gasteiger partial charge on any atom is -0.350 e. The third-order valence-corrected chi connectivity index (χ3v) is 8.68. The Morgan fingerprint density at radius 1 is 0.971 bits per heavy atom. The van der Waals surface area contributed by atoms with Crippen molar-refractivity contribution in [3.63, 3.8) is 0 Å². The third-order valence-electron chi connectivity index (χ3n) is 8.68. The number of ketones is 1. The molecule has 1 aliphatic heterocycles. The van der Waals surface area contributed by atoms with Crippen molar-refractivity contribution in [3.8, 4) is 11.3 Å². The average Bonchev–Trinajstić information content (AvgIpc) is 3.33. The first-order valence-corrected chi connectivity index (χ1v) is 12.4. The van der Waals surface area contributed by atoms with E-state index in [1.54, 1.807) is 6.20 Å². The number of amides is 1. The number of imidazole rings is 1. The van der Waals surface area contributed by atoms with Crippen LogP contribution in [0.4, 0.5) is 0 Å². The van der Waals surface area contributed by atoms with Crippen LogP contribution in [0.15, 0.2) is 61.2 Å². The number of rotatable bonds is 6. The highest BCUT2D eigenvalue weighted by Gasteiger charge is 2.52. The average molecular weight is 455 g/mol. The molecule has 6 heteroatoms. The van der Waals surface area contributed by atoms with E-state index in [1.165, 1.54) is 11.1 Å². The second kappa shape index (κ2) is 8.19. The number of aromatic nitrogens is 3. The standard InChI is InChI=1S/C28H30N4O2/c33-25(16-23-21-7-1-2-8-22(21)24-18-29-19-32(23)24)27-9-5-10-28(13-11-27,14-12-27)26(34)31-17-20-6-3-4-15-30-20/h1-4,6-8,15,18-19,23H,5,9-14,16-17H2,(H,31,34). The molecule has 34 heavy (non-hydrogen) atoms. The van der Waals surface area contributed by atoms with Gasteiger partial charge in [0.25, 0.3) is 0 Å². The lowest BCUT2D eigenvalue weighted by molar-refractivity contribution is -0.139. The van der Waals surface area contributed by atoms with Crippen LogP contribution in [0, 0.1) is 10.8 Å². The van der Waals surface area contributed by atoms with Gasteiger partial charge in [-0.1, -0.05) is 36.8 Å². The Kier molecular flexibility index (Phi) is 5.12. The van der Waals surface area contributed by atoms with Crippen LogP contribution in [0.5, 0.6) is 0 Å². The van der Waals surface area contributed by atoms with Crippen LogP contribution in [0.1, 0.15) is 68.7 Å². The maximum atomic E-state index is 13.9. The molecule has 1 unspecified atom stereocenters. The molecular formula is C28H30N4O2. The number of carbonyl (C=O) groups excluding carboxylic acids is 2. The highest BCUT2D eigenvalue weighted by atomic mass is 16.2. The van der Waals surface area contributed by atoms with Gasteiger partial charge in [0.2, 0.25) is 5.91 Å². The normalized spacial score (nSPS) is 27.0. The minimum absolute atomic E-state index is 0.0205. The van der Waals surface area contributed by atoms with Crippen LogP contribution in [0.2, 0.25) is 0 Å². The fourth-order valence-corrected chi connectivity index (χ4v) is 6.62. The van der Waals surface area contributed by atoms with Gasteiger partial charge in [0, 0.05) is 29.0 Å². The molecule has 1 atom stereocenters. The maximum absolute atomic E-state index is 13.9. The van der Waals surface area contributed by atoms with Gasteiger partial charge in [-0.2, -0.15) is 0 Å². The van der Waals surface area contributed by atoms with Gasteiger partial charge >= 0.3 is 0 Å². The SMILES string of the molecule is O=C(CC1c2ccccc2-c2cncn21)C12CCCC(C(=O)NCc3ccccn3)(CC1)CC2. The Hall–Kier alpha value is -3.28. The van der Waals surface area contributed by atoms with E-state index in [-0.39, 0.29) is 22.8 Å². The molecule has 3 aliphatic carbocycles. The van der Waals surface area contributed by atoms with Gasteiger partial charge in [0.05, 0.1) is 36.5 Å². The molecular weight excluding hydrogens is 424 g/mol. The van der Waals surface area contributed by atoms with E-state index >= 15 is 0 Å². The summed E-state index contributed by atoms with van der Waals surface area (Å²) in [6, 6.07) is 14.1. The van der Waals surface area contributed by atoms with Crippen molar-refractivity contribution >= 4 is 11.7 Å². The van der Waals surface area contributed by atoms with Gasteiger partial charge in [0.1, 0.15) is 5.78 Å². The lowest BCUT2D eigenvalue weighted by atomic mass is 9.62. The van der Waals surface area contributed by atoms with Crippen LogP contribution < -0.4 is 5.32 Å². The van der Waals surface area contributed by atoms with Gasteiger partial charge in [-0.25, -0.2) is 4.98 Å². The predicted molar refractivity (Wildman–Crippen MR) is 129 cm³/mol.